The number of nitrogens with one attached hydrogen (secondary N) is 2. The van der Waals surface area contributed by atoms with Crippen molar-refractivity contribution < 1.29 is 17.2 Å². The van der Waals surface area contributed by atoms with E-state index in [1.165, 1.54) is 24.3 Å². The van der Waals surface area contributed by atoms with Gasteiger partial charge in [0, 0.05) is 11.9 Å². The number of aromatic nitrogens is 1. The number of rotatable bonds is 6. The molecule has 0 aliphatic heterocycles. The molecule has 0 fully saturated rings. The van der Waals surface area contributed by atoms with Crippen molar-refractivity contribution >= 4 is 32.4 Å². The van der Waals surface area contributed by atoms with Crippen LogP contribution in [-0.2, 0) is 16.6 Å². The molecule has 1 aromatic heterocycles. The van der Waals surface area contributed by atoms with Crippen LogP contribution in [0.25, 0.3) is 10.9 Å². The van der Waals surface area contributed by atoms with Gasteiger partial charge in [0.15, 0.2) is 0 Å². The lowest BCUT2D eigenvalue weighted by Gasteiger charge is -2.12. The lowest BCUT2D eigenvalue weighted by Crippen LogP contribution is -2.13. The SMILES string of the molecule is O=S(=O)(Nc1cccc2nc(NCc3ccc(F)cc3)ccc12)c1ccc(F)cc1. The van der Waals surface area contributed by atoms with E-state index in [2.05, 4.69) is 15.0 Å². The number of nitrogens with zero attached hydrogens (tertiary/aromatic N) is 1. The Hall–Kier alpha value is -3.52. The molecule has 3 aromatic carbocycles. The number of sulfonamides is 1. The van der Waals surface area contributed by atoms with Crippen LogP contribution in [0, 0.1) is 11.6 Å². The van der Waals surface area contributed by atoms with E-state index in [0.717, 1.165) is 17.7 Å². The van der Waals surface area contributed by atoms with Gasteiger partial charge >= 0.3 is 0 Å². The molecule has 152 valence electrons. The average Bonchev–Trinajstić information content (AvgIpc) is 2.73. The smallest absolute Gasteiger partial charge is 0.261 e. The topological polar surface area (TPSA) is 71.1 Å². The zero-order valence-corrected chi connectivity index (χ0v) is 16.5. The van der Waals surface area contributed by atoms with Crippen LogP contribution in [0.5, 0.6) is 0 Å². The van der Waals surface area contributed by atoms with Crippen molar-refractivity contribution in [2.45, 2.75) is 11.4 Å². The highest BCUT2D eigenvalue weighted by molar-refractivity contribution is 7.92. The minimum Gasteiger partial charge on any atom is -0.366 e. The van der Waals surface area contributed by atoms with Gasteiger partial charge in [-0.2, -0.15) is 0 Å². The van der Waals surface area contributed by atoms with Gasteiger partial charge < -0.3 is 5.32 Å². The quantitative estimate of drug-likeness (QED) is 0.460. The molecule has 0 saturated carbocycles. The first-order valence-corrected chi connectivity index (χ1v) is 10.6. The van der Waals surface area contributed by atoms with E-state index in [9.17, 15) is 17.2 Å². The molecule has 0 amide bonds. The zero-order chi connectivity index (χ0) is 21.1. The second-order valence-electron chi connectivity index (χ2n) is 6.61. The van der Waals surface area contributed by atoms with E-state index in [4.69, 9.17) is 0 Å². The van der Waals surface area contributed by atoms with Crippen LogP contribution in [0.15, 0.2) is 83.8 Å². The predicted molar refractivity (Wildman–Crippen MR) is 113 cm³/mol. The number of hydrogen-bond donors (Lipinski definition) is 2. The maximum absolute atomic E-state index is 13.1. The van der Waals surface area contributed by atoms with Gasteiger partial charge in [0.05, 0.1) is 16.1 Å². The largest absolute Gasteiger partial charge is 0.366 e. The number of fused-ring (bicyclic) bond motifs is 1. The van der Waals surface area contributed by atoms with E-state index in [1.54, 1.807) is 42.5 Å². The molecule has 4 rings (SSSR count). The Balaban J connectivity index is 1.56. The van der Waals surface area contributed by atoms with Gasteiger partial charge in [-0.25, -0.2) is 22.2 Å². The Morgan fingerprint density at radius 3 is 2.17 bits per heavy atom. The van der Waals surface area contributed by atoms with Crippen LogP contribution in [-0.4, -0.2) is 13.4 Å². The molecule has 0 aliphatic rings. The summed E-state index contributed by atoms with van der Waals surface area (Å²) in [5, 5.41) is 3.78. The van der Waals surface area contributed by atoms with Crippen molar-refractivity contribution in [2.75, 3.05) is 10.0 Å². The van der Waals surface area contributed by atoms with E-state index >= 15 is 0 Å². The Labute approximate surface area is 172 Å². The molecule has 0 aliphatic carbocycles. The van der Waals surface area contributed by atoms with Crippen LogP contribution in [0.1, 0.15) is 5.56 Å². The molecule has 0 atom stereocenters. The highest BCUT2D eigenvalue weighted by Crippen LogP contribution is 2.26. The normalized spacial score (nSPS) is 11.4. The van der Waals surface area contributed by atoms with Gasteiger partial charge in [0.1, 0.15) is 17.5 Å². The molecule has 0 radical (unpaired) electrons. The number of hydrogen-bond acceptors (Lipinski definition) is 4. The molecule has 4 aromatic rings. The van der Waals surface area contributed by atoms with Crippen molar-refractivity contribution in [1.29, 1.82) is 0 Å². The van der Waals surface area contributed by atoms with E-state index in [0.29, 0.717) is 29.0 Å². The number of anilines is 2. The highest BCUT2D eigenvalue weighted by Gasteiger charge is 2.16. The molecule has 30 heavy (non-hydrogen) atoms. The standard InChI is InChI=1S/C22H17F2N3O2S/c23-16-6-4-15(5-7-16)14-25-22-13-12-19-20(26-22)2-1-3-21(19)27-30(28,29)18-10-8-17(24)9-11-18/h1-13,27H,14H2,(H,25,26). The van der Waals surface area contributed by atoms with Gasteiger partial charge in [0.25, 0.3) is 10.0 Å². The molecular weight excluding hydrogens is 408 g/mol. The van der Waals surface area contributed by atoms with Crippen LogP contribution < -0.4 is 10.0 Å². The first-order chi connectivity index (χ1) is 14.4. The minimum absolute atomic E-state index is 0.0357. The minimum atomic E-state index is -3.87. The molecule has 8 heteroatoms. The average molecular weight is 425 g/mol. The lowest BCUT2D eigenvalue weighted by molar-refractivity contribution is 0.599. The van der Waals surface area contributed by atoms with E-state index in [1.807, 2.05) is 0 Å². The van der Waals surface area contributed by atoms with Crippen molar-refractivity contribution in [2.24, 2.45) is 0 Å². The summed E-state index contributed by atoms with van der Waals surface area (Å²) in [4.78, 5) is 4.48. The van der Waals surface area contributed by atoms with E-state index in [-0.39, 0.29) is 10.7 Å². The van der Waals surface area contributed by atoms with Crippen LogP contribution in [0.2, 0.25) is 0 Å². The summed E-state index contributed by atoms with van der Waals surface area (Å²) < 4.78 is 53.9. The number of benzene rings is 3. The summed E-state index contributed by atoms with van der Waals surface area (Å²) in [6.45, 7) is 0.468. The third-order valence-corrected chi connectivity index (χ3v) is 5.87. The second-order valence-corrected chi connectivity index (χ2v) is 8.29. The van der Waals surface area contributed by atoms with Gasteiger partial charge in [-0.15, -0.1) is 0 Å². The Morgan fingerprint density at radius 1 is 0.800 bits per heavy atom. The van der Waals surface area contributed by atoms with Crippen LogP contribution >= 0.6 is 0 Å². The number of pyridine rings is 1. The lowest BCUT2D eigenvalue weighted by atomic mass is 10.2. The van der Waals surface area contributed by atoms with Crippen molar-refractivity contribution in [3.63, 3.8) is 0 Å². The fourth-order valence-electron chi connectivity index (χ4n) is 2.95. The second kappa shape index (κ2) is 8.08. The monoisotopic (exact) mass is 425 g/mol. The van der Waals surface area contributed by atoms with E-state index < -0.39 is 15.8 Å². The number of halogens is 2. The molecule has 5 nitrogen and oxygen atoms in total. The van der Waals surface area contributed by atoms with Crippen LogP contribution in [0.4, 0.5) is 20.3 Å². The van der Waals surface area contributed by atoms with Crippen molar-refractivity contribution in [3.8, 4) is 0 Å². The van der Waals surface area contributed by atoms with Gasteiger partial charge in [-0.3, -0.25) is 4.72 Å². The summed E-state index contributed by atoms with van der Waals surface area (Å²) in [6, 6.07) is 19.4. The molecule has 0 bridgehead atoms. The fourth-order valence-corrected chi connectivity index (χ4v) is 4.03. The first-order valence-electron chi connectivity index (χ1n) is 9.07. The molecule has 0 spiro atoms. The maximum atomic E-state index is 13.1. The molecule has 0 unspecified atom stereocenters. The summed E-state index contributed by atoms with van der Waals surface area (Å²) in [5.74, 6) is -0.201. The Bertz CT molecular complexity index is 1290. The third kappa shape index (κ3) is 4.38. The molecule has 2 N–H and O–H groups in total. The summed E-state index contributed by atoms with van der Waals surface area (Å²) >= 11 is 0. The predicted octanol–water partition coefficient (Wildman–Crippen LogP) is 4.93. The summed E-state index contributed by atoms with van der Waals surface area (Å²) in [7, 11) is -3.87. The Morgan fingerprint density at radius 2 is 1.47 bits per heavy atom. The maximum Gasteiger partial charge on any atom is 0.261 e. The van der Waals surface area contributed by atoms with Crippen molar-refractivity contribution in [3.05, 3.63) is 96.1 Å². The molecular formula is C22H17F2N3O2S. The molecule has 0 saturated heterocycles. The van der Waals surface area contributed by atoms with Gasteiger partial charge in [-0.1, -0.05) is 18.2 Å². The van der Waals surface area contributed by atoms with Gasteiger partial charge in [0.2, 0.25) is 0 Å². The van der Waals surface area contributed by atoms with Crippen LogP contribution in [0.3, 0.4) is 0 Å². The molecule has 1 heterocycles. The first kappa shape index (κ1) is 19.8. The Kier molecular flexibility index (Phi) is 5.33. The zero-order valence-electron chi connectivity index (χ0n) is 15.6. The fraction of sp³-hybridized carbons (Fsp3) is 0.0455. The highest BCUT2D eigenvalue weighted by atomic mass is 32.2. The summed E-state index contributed by atoms with van der Waals surface area (Å²) in [6.07, 6.45) is 0. The summed E-state index contributed by atoms with van der Waals surface area (Å²) in [5.41, 5.74) is 1.87. The third-order valence-electron chi connectivity index (χ3n) is 4.49. The van der Waals surface area contributed by atoms with Gasteiger partial charge in [-0.05, 0) is 66.2 Å². The van der Waals surface area contributed by atoms with Crippen molar-refractivity contribution in [1.82, 2.24) is 4.98 Å².